The number of halogens is 1. The zero-order valence-electron chi connectivity index (χ0n) is 11.5. The van der Waals surface area contributed by atoms with Crippen LogP contribution in [0.2, 0.25) is 5.02 Å². The molecule has 0 N–H and O–H groups in total. The van der Waals surface area contributed by atoms with Gasteiger partial charge in [0.1, 0.15) is 0 Å². The molecule has 0 aliphatic carbocycles. The molecule has 7 heteroatoms. The molecule has 0 amide bonds. The molecule has 0 saturated heterocycles. The van der Waals surface area contributed by atoms with Crippen molar-refractivity contribution in [2.45, 2.75) is 26.3 Å². The normalized spacial score (nSPS) is 10.8. The first kappa shape index (κ1) is 14.5. The molecule has 0 aromatic carbocycles. The van der Waals surface area contributed by atoms with Gasteiger partial charge in [0, 0.05) is 12.4 Å². The molecular formula is C13H15ClN4O2. The molecule has 2 aromatic rings. The highest BCUT2D eigenvalue weighted by atomic mass is 35.5. The minimum atomic E-state index is -0.485. The first-order valence-corrected chi connectivity index (χ1v) is 6.52. The van der Waals surface area contributed by atoms with Gasteiger partial charge in [-0.15, -0.1) is 5.10 Å². The lowest BCUT2D eigenvalue weighted by molar-refractivity contribution is 0.0592. The van der Waals surface area contributed by atoms with E-state index in [1.807, 2.05) is 19.9 Å². The molecule has 106 valence electrons. The van der Waals surface area contributed by atoms with Gasteiger partial charge in [-0.2, -0.15) is 0 Å². The van der Waals surface area contributed by atoms with Crippen molar-refractivity contribution in [1.82, 2.24) is 20.0 Å². The molecule has 2 heterocycles. The number of pyridine rings is 1. The lowest BCUT2D eigenvalue weighted by Gasteiger charge is -2.11. The highest BCUT2D eigenvalue weighted by molar-refractivity contribution is 6.31. The summed E-state index contributed by atoms with van der Waals surface area (Å²) in [7, 11) is 1.32. The minimum absolute atomic E-state index is 0.0831. The van der Waals surface area contributed by atoms with Gasteiger partial charge in [0.05, 0.1) is 24.4 Å². The number of aromatic nitrogens is 4. The van der Waals surface area contributed by atoms with E-state index >= 15 is 0 Å². The Kier molecular flexibility index (Phi) is 4.34. The Morgan fingerprint density at radius 3 is 2.85 bits per heavy atom. The number of carbonyl (C=O) groups excluding carboxylic acids is 1. The van der Waals surface area contributed by atoms with Crippen LogP contribution in [0.5, 0.6) is 0 Å². The summed E-state index contributed by atoms with van der Waals surface area (Å²) in [6.07, 6.45) is 3.23. The number of hydrogen-bond acceptors (Lipinski definition) is 5. The lowest BCUT2D eigenvalue weighted by Crippen LogP contribution is -2.12. The Morgan fingerprint density at radius 2 is 2.25 bits per heavy atom. The predicted octanol–water partition coefficient (Wildman–Crippen LogP) is 2.28. The largest absolute Gasteiger partial charge is 0.464 e. The molecule has 2 rings (SSSR count). The van der Waals surface area contributed by atoms with Gasteiger partial charge in [-0.05, 0) is 17.5 Å². The fraction of sp³-hybridized carbons (Fsp3) is 0.385. The summed E-state index contributed by atoms with van der Waals surface area (Å²) in [5.74, 6) is -0.402. The van der Waals surface area contributed by atoms with Crippen LogP contribution in [0, 0.1) is 0 Å². The van der Waals surface area contributed by atoms with E-state index in [4.69, 9.17) is 16.3 Å². The van der Waals surface area contributed by atoms with Crippen LogP contribution in [-0.2, 0) is 11.3 Å². The smallest absolute Gasteiger partial charge is 0.360 e. The molecule has 0 spiro atoms. The molecule has 20 heavy (non-hydrogen) atoms. The summed E-state index contributed by atoms with van der Waals surface area (Å²) in [6.45, 7) is 4.37. The van der Waals surface area contributed by atoms with Gasteiger partial charge in [0.15, 0.2) is 5.69 Å². The third-order valence-electron chi connectivity index (χ3n) is 2.88. The molecule has 0 radical (unpaired) electrons. The number of esters is 1. The molecular weight excluding hydrogens is 280 g/mol. The van der Waals surface area contributed by atoms with Crippen LogP contribution in [0.3, 0.4) is 0 Å². The lowest BCUT2D eigenvalue weighted by atomic mass is 10.1. The number of carbonyl (C=O) groups is 1. The molecule has 2 aromatic heterocycles. The van der Waals surface area contributed by atoms with Crippen molar-refractivity contribution in [3.8, 4) is 0 Å². The summed E-state index contributed by atoms with van der Waals surface area (Å²) in [5, 5.41) is 8.50. The first-order chi connectivity index (χ1) is 9.54. The Bertz CT molecular complexity index is 625. The molecule has 6 nitrogen and oxygen atoms in total. The maximum atomic E-state index is 11.7. The van der Waals surface area contributed by atoms with Crippen LogP contribution in [0.1, 0.15) is 41.5 Å². The molecule has 0 aliphatic heterocycles. The van der Waals surface area contributed by atoms with E-state index in [1.54, 1.807) is 17.1 Å². The zero-order chi connectivity index (χ0) is 14.7. The van der Waals surface area contributed by atoms with Crippen LogP contribution in [-0.4, -0.2) is 33.1 Å². The van der Waals surface area contributed by atoms with E-state index in [-0.39, 0.29) is 11.6 Å². The van der Waals surface area contributed by atoms with Crippen LogP contribution in [0.25, 0.3) is 0 Å². The molecule has 0 unspecified atom stereocenters. The second-order valence-electron chi connectivity index (χ2n) is 4.59. The van der Waals surface area contributed by atoms with Crippen molar-refractivity contribution in [3.63, 3.8) is 0 Å². The quantitative estimate of drug-likeness (QED) is 0.809. The summed E-state index contributed by atoms with van der Waals surface area (Å²) >= 11 is 6.09. The number of methoxy groups -OCH3 is 1. The van der Waals surface area contributed by atoms with Gasteiger partial charge < -0.3 is 4.74 Å². The van der Waals surface area contributed by atoms with E-state index in [2.05, 4.69) is 15.3 Å². The summed E-state index contributed by atoms with van der Waals surface area (Å²) in [6, 6.07) is 1.81. The van der Waals surface area contributed by atoms with Gasteiger partial charge in [0.2, 0.25) is 0 Å². The van der Waals surface area contributed by atoms with E-state index < -0.39 is 5.97 Å². The fourth-order valence-electron chi connectivity index (χ4n) is 1.94. The molecule has 0 atom stereocenters. The van der Waals surface area contributed by atoms with Gasteiger partial charge in [-0.25, -0.2) is 9.48 Å². The van der Waals surface area contributed by atoms with Gasteiger partial charge >= 0.3 is 5.97 Å². The summed E-state index contributed by atoms with van der Waals surface area (Å²) < 4.78 is 6.39. The van der Waals surface area contributed by atoms with E-state index in [0.717, 1.165) is 11.3 Å². The standard InChI is InChI=1S/C13H15ClN4O2/c1-8(2)12-11(13(19)20-3)16-17-18(12)7-9-4-5-15-6-10(9)14/h4-6,8H,7H2,1-3H3. The second kappa shape index (κ2) is 6.00. The average Bonchev–Trinajstić information content (AvgIpc) is 2.84. The topological polar surface area (TPSA) is 69.9 Å². The maximum absolute atomic E-state index is 11.7. The van der Waals surface area contributed by atoms with Crippen molar-refractivity contribution in [3.05, 3.63) is 40.4 Å². The second-order valence-corrected chi connectivity index (χ2v) is 5.00. The maximum Gasteiger partial charge on any atom is 0.360 e. The third-order valence-corrected chi connectivity index (χ3v) is 3.22. The van der Waals surface area contributed by atoms with Gasteiger partial charge in [0.25, 0.3) is 0 Å². The molecule has 0 bridgehead atoms. The highest BCUT2D eigenvalue weighted by Gasteiger charge is 2.22. The Morgan fingerprint density at radius 1 is 1.50 bits per heavy atom. The monoisotopic (exact) mass is 294 g/mol. The SMILES string of the molecule is COC(=O)c1nnn(Cc2ccncc2Cl)c1C(C)C. The summed E-state index contributed by atoms with van der Waals surface area (Å²) in [5.41, 5.74) is 1.84. The van der Waals surface area contributed by atoms with Crippen molar-refractivity contribution >= 4 is 17.6 Å². The Hall–Kier alpha value is -1.95. The van der Waals surface area contributed by atoms with E-state index in [1.165, 1.54) is 7.11 Å². The van der Waals surface area contributed by atoms with Crippen molar-refractivity contribution in [2.24, 2.45) is 0 Å². The van der Waals surface area contributed by atoms with Crippen LogP contribution < -0.4 is 0 Å². The number of nitrogens with zero attached hydrogens (tertiary/aromatic N) is 4. The molecule has 0 aliphatic rings. The van der Waals surface area contributed by atoms with Crippen LogP contribution in [0.4, 0.5) is 0 Å². The number of ether oxygens (including phenoxy) is 1. The Labute approximate surface area is 121 Å². The van der Waals surface area contributed by atoms with Gasteiger partial charge in [-0.1, -0.05) is 30.7 Å². The average molecular weight is 295 g/mol. The van der Waals surface area contributed by atoms with Crippen molar-refractivity contribution < 1.29 is 9.53 Å². The predicted molar refractivity (Wildman–Crippen MR) is 73.8 cm³/mol. The Balaban J connectivity index is 2.40. The fourth-order valence-corrected chi connectivity index (χ4v) is 2.12. The van der Waals surface area contributed by atoms with Crippen molar-refractivity contribution in [2.75, 3.05) is 7.11 Å². The third kappa shape index (κ3) is 2.80. The first-order valence-electron chi connectivity index (χ1n) is 6.14. The molecule has 0 fully saturated rings. The van der Waals surface area contributed by atoms with E-state index in [0.29, 0.717) is 11.6 Å². The summed E-state index contributed by atoms with van der Waals surface area (Å²) in [4.78, 5) is 15.6. The van der Waals surface area contributed by atoms with E-state index in [9.17, 15) is 4.79 Å². The van der Waals surface area contributed by atoms with Crippen LogP contribution in [0.15, 0.2) is 18.5 Å². The minimum Gasteiger partial charge on any atom is -0.464 e. The molecule has 0 saturated carbocycles. The number of hydrogen-bond donors (Lipinski definition) is 0. The highest BCUT2D eigenvalue weighted by Crippen LogP contribution is 2.21. The zero-order valence-corrected chi connectivity index (χ0v) is 12.3. The number of rotatable bonds is 4. The van der Waals surface area contributed by atoms with Gasteiger partial charge in [-0.3, -0.25) is 4.98 Å². The van der Waals surface area contributed by atoms with Crippen LogP contribution >= 0.6 is 11.6 Å². The van der Waals surface area contributed by atoms with Crippen molar-refractivity contribution in [1.29, 1.82) is 0 Å².